The molecular formula is C11H11BrN2O. The largest absolute Gasteiger partial charge is 0.488 e. The van der Waals surface area contributed by atoms with Gasteiger partial charge in [0.1, 0.15) is 11.9 Å². The molecule has 0 bridgehead atoms. The lowest BCUT2D eigenvalue weighted by molar-refractivity contribution is 0.0293. The average molecular weight is 267 g/mol. The molecule has 0 spiro atoms. The molecule has 0 aromatic heterocycles. The van der Waals surface area contributed by atoms with Gasteiger partial charge >= 0.3 is 0 Å². The summed E-state index contributed by atoms with van der Waals surface area (Å²) in [7, 11) is 0. The second-order valence-electron chi connectivity index (χ2n) is 3.55. The maximum Gasteiger partial charge on any atom is 0.124 e. The molecule has 0 radical (unpaired) electrons. The van der Waals surface area contributed by atoms with Crippen LogP contribution in [0, 0.1) is 11.3 Å². The molecule has 4 heteroatoms. The molecule has 0 aliphatic carbocycles. The lowest BCUT2D eigenvalue weighted by atomic mass is 10.1. The summed E-state index contributed by atoms with van der Waals surface area (Å²) in [6.45, 7) is 2.20. The van der Waals surface area contributed by atoms with Crippen LogP contribution in [-0.2, 0) is 0 Å². The highest BCUT2D eigenvalue weighted by atomic mass is 79.9. The van der Waals surface area contributed by atoms with E-state index in [0.717, 1.165) is 23.3 Å². The van der Waals surface area contributed by atoms with Gasteiger partial charge in [-0.3, -0.25) is 4.90 Å². The predicted molar refractivity (Wildman–Crippen MR) is 60.6 cm³/mol. The van der Waals surface area contributed by atoms with Gasteiger partial charge in [-0.1, -0.05) is 15.9 Å². The van der Waals surface area contributed by atoms with Crippen molar-refractivity contribution in [2.24, 2.45) is 0 Å². The zero-order chi connectivity index (χ0) is 10.7. The number of hydrogen-bond acceptors (Lipinski definition) is 3. The Labute approximate surface area is 97.4 Å². The fraction of sp³-hybridized carbons (Fsp3) is 0.364. The fourth-order valence-corrected chi connectivity index (χ4v) is 1.80. The van der Waals surface area contributed by atoms with E-state index in [1.54, 1.807) is 0 Å². The summed E-state index contributed by atoms with van der Waals surface area (Å²) in [6.07, 6.45) is 0.236. The standard InChI is InChI=1S/C11H11BrN2O/c12-9-1-3-10(4-2-9)15-11-7-14(8-11)6-5-13/h1-4,11H,6-8H2. The molecule has 78 valence electrons. The Morgan fingerprint density at radius 1 is 1.40 bits per heavy atom. The Hall–Kier alpha value is -1.05. The Morgan fingerprint density at radius 2 is 2.07 bits per heavy atom. The van der Waals surface area contributed by atoms with Crippen molar-refractivity contribution in [3.05, 3.63) is 28.7 Å². The summed E-state index contributed by atoms with van der Waals surface area (Å²) in [5.74, 6) is 0.889. The van der Waals surface area contributed by atoms with Gasteiger partial charge in [-0.25, -0.2) is 0 Å². The zero-order valence-electron chi connectivity index (χ0n) is 8.19. The van der Waals surface area contributed by atoms with E-state index in [1.165, 1.54) is 0 Å². The molecule has 1 saturated heterocycles. The van der Waals surface area contributed by atoms with E-state index < -0.39 is 0 Å². The van der Waals surface area contributed by atoms with Gasteiger partial charge in [0.25, 0.3) is 0 Å². The van der Waals surface area contributed by atoms with E-state index in [4.69, 9.17) is 10.00 Å². The maximum absolute atomic E-state index is 8.47. The summed E-state index contributed by atoms with van der Waals surface area (Å²) in [5, 5.41) is 8.47. The van der Waals surface area contributed by atoms with Gasteiger partial charge in [0.15, 0.2) is 0 Å². The molecule has 15 heavy (non-hydrogen) atoms. The fourth-order valence-electron chi connectivity index (χ4n) is 1.53. The van der Waals surface area contributed by atoms with Crippen molar-refractivity contribution in [3.8, 4) is 11.8 Å². The number of hydrogen-bond donors (Lipinski definition) is 0. The number of ether oxygens (including phenoxy) is 1. The molecule has 2 rings (SSSR count). The van der Waals surface area contributed by atoms with Crippen molar-refractivity contribution in [3.63, 3.8) is 0 Å². The lowest BCUT2D eigenvalue weighted by Crippen LogP contribution is -2.53. The first-order chi connectivity index (χ1) is 7.28. The molecule has 3 nitrogen and oxygen atoms in total. The van der Waals surface area contributed by atoms with Gasteiger partial charge in [0.2, 0.25) is 0 Å². The predicted octanol–water partition coefficient (Wildman–Crippen LogP) is 2.04. The van der Waals surface area contributed by atoms with Crippen LogP contribution >= 0.6 is 15.9 Å². The molecule has 0 saturated carbocycles. The molecule has 1 aliphatic rings. The number of nitrogens with zero attached hydrogens (tertiary/aromatic N) is 2. The number of halogens is 1. The molecule has 0 unspecified atom stereocenters. The van der Waals surface area contributed by atoms with E-state index in [-0.39, 0.29) is 6.10 Å². The van der Waals surface area contributed by atoms with Crippen LogP contribution in [0.15, 0.2) is 28.7 Å². The van der Waals surface area contributed by atoms with E-state index in [9.17, 15) is 0 Å². The molecule has 0 amide bonds. The van der Waals surface area contributed by atoms with E-state index in [0.29, 0.717) is 6.54 Å². The summed E-state index contributed by atoms with van der Waals surface area (Å²) in [6, 6.07) is 9.93. The number of benzene rings is 1. The summed E-state index contributed by atoms with van der Waals surface area (Å²) >= 11 is 3.37. The highest BCUT2D eigenvalue weighted by Crippen LogP contribution is 2.20. The van der Waals surface area contributed by atoms with E-state index in [2.05, 4.69) is 26.9 Å². The van der Waals surface area contributed by atoms with Crippen LogP contribution < -0.4 is 4.74 Å². The molecule has 0 N–H and O–H groups in total. The number of likely N-dealkylation sites (tertiary alicyclic amines) is 1. The van der Waals surface area contributed by atoms with Gasteiger partial charge < -0.3 is 4.74 Å². The van der Waals surface area contributed by atoms with Crippen LogP contribution in [-0.4, -0.2) is 30.6 Å². The van der Waals surface area contributed by atoms with Crippen molar-refractivity contribution in [1.82, 2.24) is 4.90 Å². The molecule has 0 atom stereocenters. The SMILES string of the molecule is N#CCN1CC(Oc2ccc(Br)cc2)C1. The molecule has 1 aromatic carbocycles. The third-order valence-electron chi connectivity index (χ3n) is 2.33. The van der Waals surface area contributed by atoms with Crippen molar-refractivity contribution in [2.75, 3.05) is 19.6 Å². The van der Waals surface area contributed by atoms with Crippen LogP contribution in [0.25, 0.3) is 0 Å². The van der Waals surface area contributed by atoms with Crippen LogP contribution in [0.1, 0.15) is 0 Å². The van der Waals surface area contributed by atoms with Crippen LogP contribution in [0.3, 0.4) is 0 Å². The van der Waals surface area contributed by atoms with Crippen molar-refractivity contribution in [2.45, 2.75) is 6.10 Å². The zero-order valence-corrected chi connectivity index (χ0v) is 9.77. The van der Waals surface area contributed by atoms with Crippen LogP contribution in [0.4, 0.5) is 0 Å². The minimum Gasteiger partial charge on any atom is -0.488 e. The van der Waals surface area contributed by atoms with Gasteiger partial charge in [-0.05, 0) is 24.3 Å². The first kappa shape index (κ1) is 10.5. The van der Waals surface area contributed by atoms with Gasteiger partial charge in [0.05, 0.1) is 12.6 Å². The highest BCUT2D eigenvalue weighted by Gasteiger charge is 2.27. The molecule has 1 aromatic rings. The third-order valence-corrected chi connectivity index (χ3v) is 2.86. The van der Waals surface area contributed by atoms with Gasteiger partial charge in [-0.15, -0.1) is 0 Å². The average Bonchev–Trinajstić information content (AvgIpc) is 2.18. The maximum atomic E-state index is 8.47. The van der Waals surface area contributed by atoms with E-state index in [1.807, 2.05) is 24.3 Å². The molecule has 1 fully saturated rings. The Bertz CT molecular complexity index is 365. The Balaban J connectivity index is 1.80. The van der Waals surface area contributed by atoms with Gasteiger partial charge in [-0.2, -0.15) is 5.26 Å². The summed E-state index contributed by atoms with van der Waals surface area (Å²) < 4.78 is 6.76. The first-order valence-electron chi connectivity index (χ1n) is 4.79. The van der Waals surface area contributed by atoms with Crippen LogP contribution in [0.2, 0.25) is 0 Å². The summed E-state index contributed by atoms with van der Waals surface area (Å²) in [4.78, 5) is 2.06. The smallest absolute Gasteiger partial charge is 0.124 e. The normalized spacial score (nSPS) is 16.8. The minimum absolute atomic E-state index is 0.236. The topological polar surface area (TPSA) is 36.3 Å². The number of rotatable bonds is 3. The molecular weight excluding hydrogens is 256 g/mol. The quantitative estimate of drug-likeness (QED) is 0.786. The number of nitriles is 1. The van der Waals surface area contributed by atoms with Crippen molar-refractivity contribution >= 4 is 15.9 Å². The van der Waals surface area contributed by atoms with Crippen LogP contribution in [0.5, 0.6) is 5.75 Å². The van der Waals surface area contributed by atoms with E-state index >= 15 is 0 Å². The molecule has 1 heterocycles. The first-order valence-corrected chi connectivity index (χ1v) is 5.59. The lowest BCUT2D eigenvalue weighted by Gasteiger charge is -2.37. The second kappa shape index (κ2) is 4.65. The summed E-state index contributed by atoms with van der Waals surface area (Å²) in [5.41, 5.74) is 0. The van der Waals surface area contributed by atoms with Crippen molar-refractivity contribution in [1.29, 1.82) is 5.26 Å². The Morgan fingerprint density at radius 3 is 2.67 bits per heavy atom. The third kappa shape index (κ3) is 2.71. The van der Waals surface area contributed by atoms with Gasteiger partial charge in [0, 0.05) is 17.6 Å². The Kier molecular flexibility index (Phi) is 3.24. The highest BCUT2D eigenvalue weighted by molar-refractivity contribution is 9.10. The second-order valence-corrected chi connectivity index (χ2v) is 4.46. The minimum atomic E-state index is 0.236. The molecule has 1 aliphatic heterocycles. The monoisotopic (exact) mass is 266 g/mol. The van der Waals surface area contributed by atoms with Crippen molar-refractivity contribution < 1.29 is 4.74 Å².